The van der Waals surface area contributed by atoms with E-state index < -0.39 is 0 Å². The zero-order valence-corrected chi connectivity index (χ0v) is 10.8. The molecule has 1 heterocycles. The predicted molar refractivity (Wildman–Crippen MR) is 71.7 cm³/mol. The van der Waals surface area contributed by atoms with Crippen molar-refractivity contribution in [3.8, 4) is 0 Å². The molecule has 0 amide bonds. The van der Waals surface area contributed by atoms with Gasteiger partial charge in [-0.15, -0.1) is 0 Å². The molecule has 0 radical (unpaired) electrons. The smallest absolute Gasteiger partial charge is 0.159 e. The first-order valence-electron chi connectivity index (χ1n) is 6.30. The minimum absolute atomic E-state index is 0.108. The lowest BCUT2D eigenvalue weighted by atomic mass is 10.00. The SMILES string of the molecule is CCCC(c1ccc(C(C)=O)cc1)n1ccnc1. The van der Waals surface area contributed by atoms with Gasteiger partial charge < -0.3 is 4.57 Å². The largest absolute Gasteiger partial charge is 0.330 e. The van der Waals surface area contributed by atoms with E-state index in [1.165, 1.54) is 5.56 Å². The number of hydrogen-bond donors (Lipinski definition) is 0. The molecular weight excluding hydrogens is 224 g/mol. The monoisotopic (exact) mass is 242 g/mol. The fraction of sp³-hybridized carbons (Fsp3) is 0.333. The second-order valence-corrected chi connectivity index (χ2v) is 4.49. The predicted octanol–water partition coefficient (Wildman–Crippen LogP) is 3.48. The fourth-order valence-corrected chi connectivity index (χ4v) is 2.16. The summed E-state index contributed by atoms with van der Waals surface area (Å²) in [4.78, 5) is 15.4. The van der Waals surface area contributed by atoms with Crippen molar-refractivity contribution < 1.29 is 4.79 Å². The molecule has 0 aliphatic carbocycles. The van der Waals surface area contributed by atoms with E-state index in [1.54, 1.807) is 13.1 Å². The molecule has 3 nitrogen and oxygen atoms in total. The molecule has 0 N–H and O–H groups in total. The first-order valence-corrected chi connectivity index (χ1v) is 6.30. The van der Waals surface area contributed by atoms with E-state index in [0.29, 0.717) is 6.04 Å². The van der Waals surface area contributed by atoms with E-state index in [4.69, 9.17) is 0 Å². The van der Waals surface area contributed by atoms with Gasteiger partial charge in [-0.3, -0.25) is 4.79 Å². The van der Waals surface area contributed by atoms with Crippen molar-refractivity contribution in [3.63, 3.8) is 0 Å². The number of benzene rings is 1. The van der Waals surface area contributed by atoms with Gasteiger partial charge in [-0.2, -0.15) is 0 Å². The second kappa shape index (κ2) is 5.63. The number of ketones is 1. The Kier molecular flexibility index (Phi) is 3.92. The van der Waals surface area contributed by atoms with Gasteiger partial charge in [0.25, 0.3) is 0 Å². The molecule has 1 atom stereocenters. The van der Waals surface area contributed by atoms with Crippen LogP contribution in [0.15, 0.2) is 43.0 Å². The van der Waals surface area contributed by atoms with Gasteiger partial charge in [0.15, 0.2) is 5.78 Å². The maximum atomic E-state index is 11.3. The minimum Gasteiger partial charge on any atom is -0.330 e. The van der Waals surface area contributed by atoms with Gasteiger partial charge >= 0.3 is 0 Å². The topological polar surface area (TPSA) is 34.9 Å². The van der Waals surface area contributed by atoms with Gasteiger partial charge in [-0.25, -0.2) is 4.98 Å². The third-order valence-corrected chi connectivity index (χ3v) is 3.15. The van der Waals surface area contributed by atoms with Gasteiger partial charge in [0.2, 0.25) is 0 Å². The van der Waals surface area contributed by atoms with Crippen LogP contribution in [0.3, 0.4) is 0 Å². The lowest BCUT2D eigenvalue weighted by Crippen LogP contribution is -2.08. The Balaban J connectivity index is 2.28. The third kappa shape index (κ3) is 2.67. The van der Waals surface area contributed by atoms with Gasteiger partial charge in [0.1, 0.15) is 0 Å². The number of imidazole rings is 1. The van der Waals surface area contributed by atoms with Crippen molar-refractivity contribution in [2.75, 3.05) is 0 Å². The summed E-state index contributed by atoms with van der Waals surface area (Å²) in [6, 6.07) is 8.18. The van der Waals surface area contributed by atoms with Crippen molar-refractivity contribution in [2.24, 2.45) is 0 Å². The van der Waals surface area contributed by atoms with E-state index in [2.05, 4.69) is 16.5 Å². The summed E-state index contributed by atoms with van der Waals surface area (Å²) in [5.74, 6) is 0.108. The molecule has 0 fully saturated rings. The Morgan fingerprint density at radius 1 is 1.33 bits per heavy atom. The fourth-order valence-electron chi connectivity index (χ4n) is 2.16. The van der Waals surface area contributed by atoms with Crippen molar-refractivity contribution in [1.29, 1.82) is 0 Å². The van der Waals surface area contributed by atoms with Crippen LogP contribution in [0.2, 0.25) is 0 Å². The number of carbonyl (C=O) groups excluding carboxylic acids is 1. The minimum atomic E-state index is 0.108. The van der Waals surface area contributed by atoms with Crippen LogP contribution < -0.4 is 0 Å². The Morgan fingerprint density at radius 2 is 2.06 bits per heavy atom. The normalized spacial score (nSPS) is 12.3. The maximum Gasteiger partial charge on any atom is 0.159 e. The molecule has 1 aromatic heterocycles. The summed E-state index contributed by atoms with van der Waals surface area (Å²) in [6.45, 7) is 3.77. The number of rotatable bonds is 5. The van der Waals surface area contributed by atoms with Crippen molar-refractivity contribution in [1.82, 2.24) is 9.55 Å². The molecule has 0 aliphatic heterocycles. The summed E-state index contributed by atoms with van der Waals surface area (Å²) in [5.41, 5.74) is 1.99. The molecule has 1 aromatic carbocycles. The van der Waals surface area contributed by atoms with Crippen LogP contribution in [0, 0.1) is 0 Å². The summed E-state index contributed by atoms with van der Waals surface area (Å²) >= 11 is 0. The van der Waals surface area contributed by atoms with E-state index in [-0.39, 0.29) is 5.78 Å². The molecule has 0 spiro atoms. The van der Waals surface area contributed by atoms with Crippen LogP contribution in [-0.4, -0.2) is 15.3 Å². The highest BCUT2D eigenvalue weighted by atomic mass is 16.1. The lowest BCUT2D eigenvalue weighted by Gasteiger charge is -2.18. The number of nitrogens with zero attached hydrogens (tertiary/aromatic N) is 2. The molecule has 2 rings (SSSR count). The van der Waals surface area contributed by atoms with E-state index in [1.807, 2.05) is 36.8 Å². The summed E-state index contributed by atoms with van der Waals surface area (Å²) in [5, 5.41) is 0. The van der Waals surface area contributed by atoms with Gasteiger partial charge in [-0.1, -0.05) is 37.6 Å². The van der Waals surface area contributed by atoms with Crippen molar-refractivity contribution in [2.45, 2.75) is 32.7 Å². The van der Waals surface area contributed by atoms with Crippen LogP contribution in [0.5, 0.6) is 0 Å². The molecule has 3 heteroatoms. The maximum absolute atomic E-state index is 11.3. The Labute approximate surface area is 107 Å². The molecule has 18 heavy (non-hydrogen) atoms. The van der Waals surface area contributed by atoms with Crippen LogP contribution in [-0.2, 0) is 0 Å². The van der Waals surface area contributed by atoms with Crippen LogP contribution >= 0.6 is 0 Å². The lowest BCUT2D eigenvalue weighted by molar-refractivity contribution is 0.101. The zero-order valence-electron chi connectivity index (χ0n) is 10.8. The standard InChI is InChI=1S/C15H18N2O/c1-3-4-15(17-10-9-16-11-17)14-7-5-13(6-8-14)12(2)18/h5-11,15H,3-4H2,1-2H3. The van der Waals surface area contributed by atoms with E-state index in [9.17, 15) is 4.79 Å². The third-order valence-electron chi connectivity index (χ3n) is 3.15. The van der Waals surface area contributed by atoms with Crippen molar-refractivity contribution >= 4 is 5.78 Å². The van der Waals surface area contributed by atoms with Gasteiger partial charge in [0, 0.05) is 18.0 Å². The molecule has 0 saturated heterocycles. The molecule has 0 aliphatic rings. The quantitative estimate of drug-likeness (QED) is 0.752. The number of Topliss-reactive ketones (excluding diaryl/α,β-unsaturated/α-hetero) is 1. The number of hydrogen-bond acceptors (Lipinski definition) is 2. The average Bonchev–Trinajstić information content (AvgIpc) is 2.90. The highest BCUT2D eigenvalue weighted by molar-refractivity contribution is 5.94. The van der Waals surface area contributed by atoms with E-state index >= 15 is 0 Å². The Bertz CT molecular complexity index is 500. The van der Waals surface area contributed by atoms with Gasteiger partial charge in [-0.05, 0) is 18.9 Å². The first kappa shape index (κ1) is 12.6. The molecule has 0 saturated carbocycles. The Morgan fingerprint density at radius 3 is 2.56 bits per heavy atom. The van der Waals surface area contributed by atoms with Crippen LogP contribution in [0.1, 0.15) is 48.7 Å². The summed E-state index contributed by atoms with van der Waals surface area (Å²) in [6.07, 6.45) is 7.80. The summed E-state index contributed by atoms with van der Waals surface area (Å²) < 4.78 is 2.12. The van der Waals surface area contributed by atoms with Gasteiger partial charge in [0.05, 0.1) is 12.4 Å². The molecule has 1 unspecified atom stereocenters. The molecule has 0 bridgehead atoms. The van der Waals surface area contributed by atoms with Crippen molar-refractivity contribution in [3.05, 3.63) is 54.1 Å². The molecule has 2 aromatic rings. The molecule has 94 valence electrons. The van der Waals surface area contributed by atoms with Crippen LogP contribution in [0.25, 0.3) is 0 Å². The number of carbonyl (C=O) groups is 1. The zero-order chi connectivity index (χ0) is 13.0. The highest BCUT2D eigenvalue weighted by Gasteiger charge is 2.12. The number of aromatic nitrogens is 2. The Hall–Kier alpha value is -1.90. The summed E-state index contributed by atoms with van der Waals surface area (Å²) in [7, 11) is 0. The first-order chi connectivity index (χ1) is 8.72. The van der Waals surface area contributed by atoms with E-state index in [0.717, 1.165) is 18.4 Å². The molecular formula is C15H18N2O. The van der Waals surface area contributed by atoms with Crippen LogP contribution in [0.4, 0.5) is 0 Å². The second-order valence-electron chi connectivity index (χ2n) is 4.49. The highest BCUT2D eigenvalue weighted by Crippen LogP contribution is 2.23. The average molecular weight is 242 g/mol.